The molecule has 0 radical (unpaired) electrons. The van der Waals surface area contributed by atoms with Crippen molar-refractivity contribution >= 4 is 9.84 Å². The van der Waals surface area contributed by atoms with Crippen LogP contribution in [0.5, 0.6) is 0 Å². The van der Waals surface area contributed by atoms with Crippen molar-refractivity contribution in [1.82, 2.24) is 5.32 Å². The van der Waals surface area contributed by atoms with Gasteiger partial charge in [-0.2, -0.15) is 0 Å². The van der Waals surface area contributed by atoms with Crippen LogP contribution >= 0.6 is 0 Å². The molecule has 2 N–H and O–H groups in total. The number of hydrogen-bond acceptors (Lipinski definition) is 4. The average molecular weight is 269 g/mol. The molecule has 0 spiro atoms. The van der Waals surface area contributed by atoms with Gasteiger partial charge in [0.05, 0.1) is 16.8 Å². The van der Waals surface area contributed by atoms with Crippen molar-refractivity contribution in [2.45, 2.75) is 36.8 Å². The largest absolute Gasteiger partial charge is 0.392 e. The molecule has 1 aliphatic rings. The fraction of sp³-hybridized carbons (Fsp3) is 0.538. The van der Waals surface area contributed by atoms with Gasteiger partial charge < -0.3 is 10.4 Å². The van der Waals surface area contributed by atoms with Gasteiger partial charge in [0.2, 0.25) is 0 Å². The predicted octanol–water partition coefficient (Wildman–Crippen LogP) is 1.27. The molecule has 2 unspecified atom stereocenters. The highest BCUT2D eigenvalue weighted by Gasteiger charge is 2.29. The molecule has 100 valence electrons. The Morgan fingerprint density at radius 3 is 2.89 bits per heavy atom. The summed E-state index contributed by atoms with van der Waals surface area (Å²) in [6, 6.07) is 7.13. The Morgan fingerprint density at radius 2 is 2.17 bits per heavy atom. The number of aliphatic hydroxyl groups excluding tert-OH is 1. The second-order valence-electron chi connectivity index (χ2n) is 4.67. The summed E-state index contributed by atoms with van der Waals surface area (Å²) in [6.45, 7) is 2.42. The minimum atomic E-state index is -3.12. The highest BCUT2D eigenvalue weighted by Crippen LogP contribution is 2.31. The molecule has 2 rings (SSSR count). The molecule has 2 atom stereocenters. The van der Waals surface area contributed by atoms with Gasteiger partial charge in [-0.1, -0.05) is 25.1 Å². The summed E-state index contributed by atoms with van der Waals surface area (Å²) < 4.78 is 23.9. The zero-order valence-electron chi connectivity index (χ0n) is 10.5. The zero-order valence-corrected chi connectivity index (χ0v) is 11.3. The Balaban J connectivity index is 2.21. The summed E-state index contributed by atoms with van der Waals surface area (Å²) in [5, 5.41) is 12.8. The monoisotopic (exact) mass is 269 g/mol. The fourth-order valence-corrected chi connectivity index (χ4v) is 3.85. The molecule has 0 saturated heterocycles. The van der Waals surface area contributed by atoms with E-state index in [2.05, 4.69) is 5.32 Å². The Bertz CT molecular complexity index is 513. The summed E-state index contributed by atoms with van der Waals surface area (Å²) in [6.07, 6.45) is 0.880. The highest BCUT2D eigenvalue weighted by atomic mass is 32.2. The van der Waals surface area contributed by atoms with Gasteiger partial charge in [-0.15, -0.1) is 0 Å². The van der Waals surface area contributed by atoms with E-state index in [1.807, 2.05) is 19.1 Å². The van der Waals surface area contributed by atoms with Crippen LogP contribution in [0.25, 0.3) is 0 Å². The molecule has 1 aromatic carbocycles. The van der Waals surface area contributed by atoms with E-state index in [0.717, 1.165) is 5.56 Å². The molecule has 1 heterocycles. The van der Waals surface area contributed by atoms with E-state index in [1.54, 1.807) is 12.1 Å². The maximum Gasteiger partial charge on any atom is 0.178 e. The number of aliphatic hydroxyl groups is 1. The molecule has 1 aliphatic heterocycles. The lowest BCUT2D eigenvalue weighted by molar-refractivity contribution is 0.162. The third kappa shape index (κ3) is 2.74. The topological polar surface area (TPSA) is 66.4 Å². The molecule has 18 heavy (non-hydrogen) atoms. The first-order valence-corrected chi connectivity index (χ1v) is 7.93. The Labute approximate surface area is 108 Å². The molecule has 0 fully saturated rings. The molecule has 5 heteroatoms. The minimum absolute atomic E-state index is 0.0194. The van der Waals surface area contributed by atoms with Gasteiger partial charge in [0.25, 0.3) is 0 Å². The first-order valence-electron chi connectivity index (χ1n) is 6.27. The van der Waals surface area contributed by atoms with Crippen molar-refractivity contribution in [2.75, 3.05) is 12.3 Å². The van der Waals surface area contributed by atoms with E-state index in [0.29, 0.717) is 24.3 Å². The molecule has 0 aromatic heterocycles. The van der Waals surface area contributed by atoms with E-state index in [1.165, 1.54) is 0 Å². The molecule has 0 aliphatic carbocycles. The number of fused-ring (bicyclic) bond motifs is 1. The maximum absolute atomic E-state index is 11.9. The van der Waals surface area contributed by atoms with Crippen LogP contribution in [0.2, 0.25) is 0 Å². The smallest absolute Gasteiger partial charge is 0.178 e. The minimum Gasteiger partial charge on any atom is -0.392 e. The lowest BCUT2D eigenvalue weighted by atomic mass is 10.0. The van der Waals surface area contributed by atoms with Gasteiger partial charge in [0.15, 0.2) is 9.84 Å². The average Bonchev–Trinajstić information content (AvgIpc) is 2.38. The van der Waals surface area contributed by atoms with Crippen LogP contribution in [0.1, 0.15) is 31.4 Å². The zero-order chi connectivity index (χ0) is 13.2. The first-order chi connectivity index (χ1) is 8.54. The molecule has 0 amide bonds. The molecular weight excluding hydrogens is 250 g/mol. The number of rotatable bonds is 4. The summed E-state index contributed by atoms with van der Waals surface area (Å²) in [5.74, 6) is 0.171. The maximum atomic E-state index is 11.9. The van der Waals surface area contributed by atoms with E-state index < -0.39 is 9.84 Å². The van der Waals surface area contributed by atoms with Crippen LogP contribution in [0.3, 0.4) is 0 Å². The normalized spacial score (nSPS) is 23.3. The Morgan fingerprint density at radius 1 is 1.44 bits per heavy atom. The first kappa shape index (κ1) is 13.5. The van der Waals surface area contributed by atoms with Crippen molar-refractivity contribution in [2.24, 2.45) is 0 Å². The van der Waals surface area contributed by atoms with Crippen LogP contribution in [0.4, 0.5) is 0 Å². The Hall–Kier alpha value is -0.910. The molecule has 4 nitrogen and oxygen atoms in total. The summed E-state index contributed by atoms with van der Waals surface area (Å²) in [4.78, 5) is 0.430. The van der Waals surface area contributed by atoms with Crippen LogP contribution < -0.4 is 5.32 Å². The molecule has 0 bridgehead atoms. The predicted molar refractivity (Wildman–Crippen MR) is 70.2 cm³/mol. The number of benzene rings is 1. The van der Waals surface area contributed by atoms with Crippen molar-refractivity contribution in [3.63, 3.8) is 0 Å². The van der Waals surface area contributed by atoms with Gasteiger partial charge in [-0.3, -0.25) is 0 Å². The molecule has 0 saturated carbocycles. The summed E-state index contributed by atoms with van der Waals surface area (Å²) >= 11 is 0. The SMILES string of the molecule is CCC(O)CNC1CCS(=O)(=O)c2ccccc21. The van der Waals surface area contributed by atoms with Crippen LogP contribution in [0.15, 0.2) is 29.2 Å². The summed E-state index contributed by atoms with van der Waals surface area (Å²) in [5.41, 5.74) is 0.826. The van der Waals surface area contributed by atoms with E-state index in [-0.39, 0.29) is 17.9 Å². The number of nitrogens with one attached hydrogen (secondary N) is 1. The highest BCUT2D eigenvalue weighted by molar-refractivity contribution is 7.91. The third-order valence-electron chi connectivity index (χ3n) is 3.38. The van der Waals surface area contributed by atoms with Crippen molar-refractivity contribution in [3.8, 4) is 0 Å². The number of sulfone groups is 1. The van der Waals surface area contributed by atoms with Crippen molar-refractivity contribution in [3.05, 3.63) is 29.8 Å². The number of hydrogen-bond donors (Lipinski definition) is 2. The van der Waals surface area contributed by atoms with E-state index in [9.17, 15) is 13.5 Å². The van der Waals surface area contributed by atoms with Gasteiger partial charge in [0.1, 0.15) is 0 Å². The van der Waals surface area contributed by atoms with Crippen LogP contribution in [0, 0.1) is 0 Å². The van der Waals surface area contributed by atoms with E-state index >= 15 is 0 Å². The third-order valence-corrected chi connectivity index (χ3v) is 5.19. The van der Waals surface area contributed by atoms with Gasteiger partial charge in [-0.05, 0) is 24.5 Å². The van der Waals surface area contributed by atoms with Crippen LogP contribution in [-0.4, -0.2) is 31.9 Å². The summed E-state index contributed by atoms with van der Waals surface area (Å²) in [7, 11) is -3.12. The van der Waals surface area contributed by atoms with Crippen molar-refractivity contribution < 1.29 is 13.5 Å². The fourth-order valence-electron chi connectivity index (χ4n) is 2.22. The Kier molecular flexibility index (Phi) is 4.04. The second-order valence-corrected chi connectivity index (χ2v) is 6.75. The van der Waals surface area contributed by atoms with Crippen molar-refractivity contribution in [1.29, 1.82) is 0 Å². The quantitative estimate of drug-likeness (QED) is 0.864. The van der Waals surface area contributed by atoms with Gasteiger partial charge in [-0.25, -0.2) is 8.42 Å². The molecule has 1 aromatic rings. The van der Waals surface area contributed by atoms with E-state index in [4.69, 9.17) is 0 Å². The lowest BCUT2D eigenvalue weighted by Crippen LogP contribution is -2.34. The second kappa shape index (κ2) is 5.38. The lowest BCUT2D eigenvalue weighted by Gasteiger charge is -2.27. The van der Waals surface area contributed by atoms with Gasteiger partial charge >= 0.3 is 0 Å². The molecular formula is C13H19NO3S. The van der Waals surface area contributed by atoms with Gasteiger partial charge in [0, 0.05) is 12.6 Å². The standard InChI is InChI=1S/C13H19NO3S/c1-2-10(15)9-14-12-7-8-18(16,17)13-6-4-3-5-11(12)13/h3-6,10,12,14-15H,2,7-9H2,1H3. The van der Waals surface area contributed by atoms with Crippen LogP contribution in [-0.2, 0) is 9.84 Å².